The maximum Gasteiger partial charge on any atom is 0.428 e. The van der Waals surface area contributed by atoms with Gasteiger partial charge in [-0.05, 0) is 6.07 Å². The van der Waals surface area contributed by atoms with Crippen molar-refractivity contribution in [1.82, 2.24) is 15.4 Å². The summed E-state index contributed by atoms with van der Waals surface area (Å²) in [6.07, 6.45) is -1.23. The van der Waals surface area contributed by atoms with E-state index in [2.05, 4.69) is 25.8 Å². The first-order valence-electron chi connectivity index (χ1n) is 7.15. The molecule has 0 aliphatic rings. The molecule has 0 fully saturated rings. The van der Waals surface area contributed by atoms with Gasteiger partial charge in [-0.3, -0.25) is 4.84 Å². The number of rotatable bonds is 3. The highest BCUT2D eigenvalue weighted by atomic mass is 32.1. The normalized spacial score (nSPS) is 12.0. The first-order valence-corrected chi connectivity index (χ1v) is 7.97. The van der Waals surface area contributed by atoms with Crippen LogP contribution in [0.1, 0.15) is 31.5 Å². The van der Waals surface area contributed by atoms with Gasteiger partial charge in [-0.1, -0.05) is 39.0 Å². The predicted molar refractivity (Wildman–Crippen MR) is 89.6 cm³/mol. The van der Waals surface area contributed by atoms with Crippen molar-refractivity contribution in [2.24, 2.45) is 0 Å². The van der Waals surface area contributed by atoms with Crippen LogP contribution in [0.5, 0.6) is 0 Å². The molecule has 1 aromatic carbocycles. The Labute approximate surface area is 137 Å². The first kappa shape index (κ1) is 15.6. The van der Waals surface area contributed by atoms with Crippen molar-refractivity contribution in [1.29, 1.82) is 0 Å². The molecular formula is C16H17N3O3S. The van der Waals surface area contributed by atoms with Crippen molar-refractivity contribution in [3.63, 3.8) is 0 Å². The third kappa shape index (κ3) is 3.11. The molecule has 0 unspecified atom stereocenters. The summed E-state index contributed by atoms with van der Waals surface area (Å²) in [4.78, 5) is 24.8. The molecule has 0 atom stereocenters. The van der Waals surface area contributed by atoms with Crippen molar-refractivity contribution in [2.45, 2.75) is 32.8 Å². The summed E-state index contributed by atoms with van der Waals surface area (Å²) in [6, 6.07) is 7.96. The lowest BCUT2D eigenvalue weighted by Crippen LogP contribution is -2.20. The van der Waals surface area contributed by atoms with Gasteiger partial charge in [-0.2, -0.15) is 5.48 Å². The lowest BCUT2D eigenvalue weighted by Gasteiger charge is -2.18. The van der Waals surface area contributed by atoms with Crippen molar-refractivity contribution in [3.05, 3.63) is 35.0 Å². The second kappa shape index (κ2) is 5.75. The van der Waals surface area contributed by atoms with E-state index in [1.54, 1.807) is 0 Å². The maximum absolute atomic E-state index is 10.5. The minimum Gasteiger partial charge on any atom is -0.464 e. The average molecular weight is 331 g/mol. The van der Waals surface area contributed by atoms with Gasteiger partial charge in [0.15, 0.2) is 0 Å². The first-order chi connectivity index (χ1) is 10.9. The lowest BCUT2D eigenvalue weighted by molar-refractivity contribution is 0.0314. The molecule has 3 rings (SSSR count). The zero-order chi connectivity index (χ0) is 16.6. The number of para-hydroxylation sites is 1. The van der Waals surface area contributed by atoms with Crippen LogP contribution in [0.15, 0.2) is 24.3 Å². The average Bonchev–Trinajstić information content (AvgIpc) is 2.89. The minimum atomic E-state index is -1.23. The van der Waals surface area contributed by atoms with E-state index < -0.39 is 6.09 Å². The SMILES string of the molecule is CC(C)(C)c1nc2ccccc2c2sc(CONC(=O)O)nc12. The van der Waals surface area contributed by atoms with E-state index in [1.807, 2.05) is 29.7 Å². The van der Waals surface area contributed by atoms with E-state index in [0.29, 0.717) is 5.01 Å². The Morgan fingerprint density at radius 3 is 2.74 bits per heavy atom. The summed E-state index contributed by atoms with van der Waals surface area (Å²) < 4.78 is 1.05. The Kier molecular flexibility index (Phi) is 3.91. The molecule has 6 nitrogen and oxygen atoms in total. The fourth-order valence-electron chi connectivity index (χ4n) is 2.39. The molecule has 120 valence electrons. The Morgan fingerprint density at radius 1 is 1.30 bits per heavy atom. The predicted octanol–water partition coefficient (Wildman–Crippen LogP) is 3.84. The summed E-state index contributed by atoms with van der Waals surface area (Å²) in [6.45, 7) is 6.39. The molecule has 2 N–H and O–H groups in total. The fourth-order valence-corrected chi connectivity index (χ4v) is 3.40. The van der Waals surface area contributed by atoms with Gasteiger partial charge in [0.1, 0.15) is 17.1 Å². The molecule has 2 aromatic heterocycles. The van der Waals surface area contributed by atoms with Gasteiger partial charge >= 0.3 is 6.09 Å². The highest BCUT2D eigenvalue weighted by Gasteiger charge is 2.23. The number of nitrogens with zero attached hydrogens (tertiary/aromatic N) is 2. The second-order valence-corrected chi connectivity index (χ2v) is 7.29. The number of fused-ring (bicyclic) bond motifs is 3. The molecular weight excluding hydrogens is 314 g/mol. The largest absolute Gasteiger partial charge is 0.464 e. The molecule has 23 heavy (non-hydrogen) atoms. The number of nitrogens with one attached hydrogen (secondary N) is 1. The Morgan fingerprint density at radius 2 is 2.04 bits per heavy atom. The Balaban J connectivity index is 2.14. The molecule has 0 spiro atoms. The van der Waals surface area contributed by atoms with E-state index in [-0.39, 0.29) is 12.0 Å². The van der Waals surface area contributed by atoms with Crippen LogP contribution in [0, 0.1) is 0 Å². The number of hydrogen-bond acceptors (Lipinski definition) is 5. The van der Waals surface area contributed by atoms with Crippen LogP contribution in [0.25, 0.3) is 21.1 Å². The van der Waals surface area contributed by atoms with E-state index in [1.165, 1.54) is 11.3 Å². The molecule has 0 bridgehead atoms. The Hall–Kier alpha value is -2.25. The summed E-state index contributed by atoms with van der Waals surface area (Å²) in [5.74, 6) is 0. The van der Waals surface area contributed by atoms with Crippen LogP contribution >= 0.6 is 11.3 Å². The number of pyridine rings is 1. The van der Waals surface area contributed by atoms with Gasteiger partial charge in [0.05, 0.1) is 15.9 Å². The molecule has 2 heterocycles. The van der Waals surface area contributed by atoms with Gasteiger partial charge in [0, 0.05) is 10.8 Å². The van der Waals surface area contributed by atoms with Crippen LogP contribution in [0.4, 0.5) is 4.79 Å². The number of amides is 1. The molecule has 3 aromatic rings. The maximum atomic E-state index is 10.5. The van der Waals surface area contributed by atoms with Crippen molar-refractivity contribution in [2.75, 3.05) is 0 Å². The van der Waals surface area contributed by atoms with Gasteiger partial charge in [0.2, 0.25) is 0 Å². The second-order valence-electron chi connectivity index (χ2n) is 6.21. The summed E-state index contributed by atoms with van der Waals surface area (Å²) in [5.41, 5.74) is 4.46. The quantitative estimate of drug-likeness (QED) is 0.712. The van der Waals surface area contributed by atoms with Gasteiger partial charge in [-0.25, -0.2) is 14.8 Å². The number of carboxylic acid groups (broad SMARTS) is 1. The molecule has 0 aliphatic heterocycles. The highest BCUT2D eigenvalue weighted by Crippen LogP contribution is 2.36. The number of aromatic nitrogens is 2. The summed E-state index contributed by atoms with van der Waals surface area (Å²) >= 11 is 1.50. The van der Waals surface area contributed by atoms with Crippen molar-refractivity contribution >= 4 is 38.5 Å². The lowest BCUT2D eigenvalue weighted by atomic mass is 9.90. The number of hydroxylamine groups is 1. The van der Waals surface area contributed by atoms with E-state index in [4.69, 9.17) is 14.9 Å². The van der Waals surface area contributed by atoms with Gasteiger partial charge in [0.25, 0.3) is 0 Å². The number of hydrogen-bond donors (Lipinski definition) is 2. The molecule has 0 saturated heterocycles. The fraction of sp³-hybridized carbons (Fsp3) is 0.312. The molecule has 1 amide bonds. The highest BCUT2D eigenvalue weighted by molar-refractivity contribution is 7.19. The Bertz CT molecular complexity index is 883. The molecule has 0 saturated carbocycles. The molecule has 0 radical (unpaired) electrons. The third-order valence-electron chi connectivity index (χ3n) is 3.34. The monoisotopic (exact) mass is 331 g/mol. The van der Waals surface area contributed by atoms with E-state index in [9.17, 15) is 4.79 Å². The van der Waals surface area contributed by atoms with Crippen LogP contribution in [-0.4, -0.2) is 21.2 Å². The molecule has 7 heteroatoms. The number of carbonyl (C=O) groups is 1. The zero-order valence-electron chi connectivity index (χ0n) is 13.1. The van der Waals surface area contributed by atoms with Crippen LogP contribution in [0.3, 0.4) is 0 Å². The molecule has 0 aliphatic carbocycles. The zero-order valence-corrected chi connectivity index (χ0v) is 13.9. The van der Waals surface area contributed by atoms with Crippen molar-refractivity contribution < 1.29 is 14.7 Å². The summed E-state index contributed by atoms with van der Waals surface area (Å²) in [5, 5.41) is 10.3. The van der Waals surface area contributed by atoms with E-state index in [0.717, 1.165) is 26.8 Å². The van der Waals surface area contributed by atoms with Gasteiger partial charge < -0.3 is 5.11 Å². The van der Waals surface area contributed by atoms with Gasteiger partial charge in [-0.15, -0.1) is 11.3 Å². The third-order valence-corrected chi connectivity index (χ3v) is 4.40. The number of benzene rings is 1. The van der Waals surface area contributed by atoms with Crippen LogP contribution < -0.4 is 5.48 Å². The number of thiazole rings is 1. The topological polar surface area (TPSA) is 84.3 Å². The van der Waals surface area contributed by atoms with E-state index >= 15 is 0 Å². The smallest absolute Gasteiger partial charge is 0.428 e. The minimum absolute atomic E-state index is 0.0869. The standard InChI is InChI=1S/C16H17N3O3S/c1-16(2,3)14-12-13(9-6-4-5-7-10(9)17-14)23-11(18-12)8-22-19-15(20)21/h4-7,19H,8H2,1-3H3,(H,20,21). The van der Waals surface area contributed by atoms with Crippen molar-refractivity contribution in [3.8, 4) is 0 Å². The summed E-state index contributed by atoms with van der Waals surface area (Å²) in [7, 11) is 0. The van der Waals surface area contributed by atoms with Crippen LogP contribution in [0.2, 0.25) is 0 Å². The van der Waals surface area contributed by atoms with Crippen LogP contribution in [-0.2, 0) is 16.9 Å².